The SMILES string of the molecule is O=S1(=O)CCNCCN1Cc1cccnc1. The van der Waals surface area contributed by atoms with Crippen molar-refractivity contribution in [1.29, 1.82) is 0 Å². The average Bonchev–Trinajstić information content (AvgIpc) is 2.43. The van der Waals surface area contributed by atoms with Gasteiger partial charge in [-0.25, -0.2) is 8.42 Å². The predicted octanol–water partition coefficient (Wildman–Crippen LogP) is -0.183. The largest absolute Gasteiger partial charge is 0.314 e. The summed E-state index contributed by atoms with van der Waals surface area (Å²) >= 11 is 0. The van der Waals surface area contributed by atoms with Crippen LogP contribution in [-0.2, 0) is 16.6 Å². The van der Waals surface area contributed by atoms with E-state index < -0.39 is 10.0 Å². The second-order valence-electron chi connectivity index (χ2n) is 3.76. The molecule has 0 bridgehead atoms. The zero-order valence-electron chi connectivity index (χ0n) is 8.96. The number of rotatable bonds is 2. The van der Waals surface area contributed by atoms with Crippen LogP contribution in [0.1, 0.15) is 5.56 Å². The van der Waals surface area contributed by atoms with Crippen molar-refractivity contribution in [2.75, 3.05) is 25.4 Å². The van der Waals surface area contributed by atoms with E-state index in [2.05, 4.69) is 10.3 Å². The van der Waals surface area contributed by atoms with Gasteiger partial charge in [0.15, 0.2) is 0 Å². The van der Waals surface area contributed by atoms with E-state index in [0.717, 1.165) is 5.56 Å². The topological polar surface area (TPSA) is 62.3 Å². The highest BCUT2D eigenvalue weighted by atomic mass is 32.2. The van der Waals surface area contributed by atoms with E-state index in [1.54, 1.807) is 12.4 Å². The zero-order chi connectivity index (χ0) is 11.4. The van der Waals surface area contributed by atoms with Crippen molar-refractivity contribution in [2.45, 2.75) is 6.54 Å². The Morgan fingerprint density at radius 2 is 2.31 bits per heavy atom. The minimum atomic E-state index is -3.12. The molecule has 0 aromatic carbocycles. The van der Waals surface area contributed by atoms with Crippen LogP contribution >= 0.6 is 0 Å². The summed E-state index contributed by atoms with van der Waals surface area (Å²) in [6.45, 7) is 2.18. The average molecular weight is 241 g/mol. The Morgan fingerprint density at radius 1 is 1.44 bits per heavy atom. The maximum atomic E-state index is 11.9. The first-order valence-electron chi connectivity index (χ1n) is 5.26. The Hall–Kier alpha value is -0.980. The smallest absolute Gasteiger partial charge is 0.215 e. The van der Waals surface area contributed by atoms with Gasteiger partial charge in [-0.15, -0.1) is 0 Å². The van der Waals surface area contributed by atoms with Crippen LogP contribution in [0.15, 0.2) is 24.5 Å². The number of aromatic nitrogens is 1. The van der Waals surface area contributed by atoms with Crippen molar-refractivity contribution >= 4 is 10.0 Å². The Morgan fingerprint density at radius 3 is 3.06 bits per heavy atom. The molecule has 1 N–H and O–H groups in total. The Bertz CT molecular complexity index is 433. The predicted molar refractivity (Wildman–Crippen MR) is 61.3 cm³/mol. The van der Waals surface area contributed by atoms with Crippen molar-refractivity contribution in [3.05, 3.63) is 30.1 Å². The molecule has 1 aromatic rings. The zero-order valence-corrected chi connectivity index (χ0v) is 9.78. The van der Waals surface area contributed by atoms with Crippen molar-refractivity contribution < 1.29 is 8.42 Å². The standard InChI is InChI=1S/C10H15N3O2S/c14-16(15)7-5-11-4-6-13(16)9-10-2-1-3-12-8-10/h1-3,8,11H,4-7,9H2. The first-order valence-corrected chi connectivity index (χ1v) is 6.87. The fourth-order valence-electron chi connectivity index (χ4n) is 1.67. The molecule has 0 amide bonds. The van der Waals surface area contributed by atoms with Gasteiger partial charge in [-0.1, -0.05) is 6.07 Å². The first-order chi connectivity index (χ1) is 7.68. The van der Waals surface area contributed by atoms with Gasteiger partial charge in [-0.3, -0.25) is 4.98 Å². The molecule has 16 heavy (non-hydrogen) atoms. The molecule has 1 aromatic heterocycles. The van der Waals surface area contributed by atoms with E-state index in [-0.39, 0.29) is 5.75 Å². The highest BCUT2D eigenvalue weighted by Gasteiger charge is 2.23. The third-order valence-electron chi connectivity index (χ3n) is 2.55. The van der Waals surface area contributed by atoms with Crippen molar-refractivity contribution in [2.24, 2.45) is 0 Å². The van der Waals surface area contributed by atoms with Gasteiger partial charge in [-0.2, -0.15) is 4.31 Å². The lowest BCUT2D eigenvalue weighted by Crippen LogP contribution is -2.33. The number of hydrogen-bond acceptors (Lipinski definition) is 4. The third-order valence-corrected chi connectivity index (χ3v) is 4.37. The maximum Gasteiger partial charge on any atom is 0.215 e. The van der Waals surface area contributed by atoms with Gasteiger partial charge in [0.25, 0.3) is 0 Å². The van der Waals surface area contributed by atoms with Crippen LogP contribution in [-0.4, -0.2) is 43.1 Å². The van der Waals surface area contributed by atoms with Crippen LogP contribution in [0.3, 0.4) is 0 Å². The molecule has 88 valence electrons. The van der Waals surface area contributed by atoms with Gasteiger partial charge in [0, 0.05) is 38.6 Å². The van der Waals surface area contributed by atoms with Gasteiger partial charge in [0.05, 0.1) is 5.75 Å². The second kappa shape index (κ2) is 4.90. The number of pyridine rings is 1. The molecule has 0 spiro atoms. The Kier molecular flexibility index (Phi) is 3.52. The van der Waals surface area contributed by atoms with Gasteiger partial charge in [-0.05, 0) is 11.6 Å². The van der Waals surface area contributed by atoms with Crippen LogP contribution in [0, 0.1) is 0 Å². The normalized spacial score (nSPS) is 21.5. The van der Waals surface area contributed by atoms with Crippen LogP contribution in [0.5, 0.6) is 0 Å². The summed E-state index contributed by atoms with van der Waals surface area (Å²) in [5.41, 5.74) is 0.924. The van der Waals surface area contributed by atoms with Crippen LogP contribution in [0.25, 0.3) is 0 Å². The lowest BCUT2D eigenvalue weighted by molar-refractivity contribution is 0.415. The Labute approximate surface area is 95.5 Å². The molecular weight excluding hydrogens is 226 g/mol. The number of sulfonamides is 1. The van der Waals surface area contributed by atoms with E-state index in [1.165, 1.54) is 4.31 Å². The fraction of sp³-hybridized carbons (Fsp3) is 0.500. The number of hydrogen-bond donors (Lipinski definition) is 1. The summed E-state index contributed by atoms with van der Waals surface area (Å²) in [7, 11) is -3.12. The summed E-state index contributed by atoms with van der Waals surface area (Å²) in [4.78, 5) is 3.98. The molecule has 5 nitrogen and oxygen atoms in total. The lowest BCUT2D eigenvalue weighted by Gasteiger charge is -2.18. The van der Waals surface area contributed by atoms with E-state index in [4.69, 9.17) is 0 Å². The molecule has 2 rings (SSSR count). The first kappa shape index (κ1) is 11.5. The van der Waals surface area contributed by atoms with Crippen molar-refractivity contribution in [3.63, 3.8) is 0 Å². The maximum absolute atomic E-state index is 11.9. The summed E-state index contributed by atoms with van der Waals surface area (Å²) in [5, 5.41) is 3.08. The second-order valence-corrected chi connectivity index (χ2v) is 5.85. The molecule has 0 saturated carbocycles. The number of nitrogens with one attached hydrogen (secondary N) is 1. The van der Waals surface area contributed by atoms with E-state index in [1.807, 2.05) is 12.1 Å². The Balaban J connectivity index is 2.13. The molecule has 0 atom stereocenters. The molecular formula is C10H15N3O2S. The molecule has 1 aliphatic rings. The molecule has 0 radical (unpaired) electrons. The van der Waals surface area contributed by atoms with E-state index >= 15 is 0 Å². The van der Waals surface area contributed by atoms with Gasteiger partial charge in [0.1, 0.15) is 0 Å². The summed E-state index contributed by atoms with van der Waals surface area (Å²) in [6, 6.07) is 3.71. The summed E-state index contributed by atoms with van der Waals surface area (Å²) in [5.74, 6) is 0.174. The molecule has 1 aliphatic heterocycles. The molecule has 6 heteroatoms. The summed E-state index contributed by atoms with van der Waals surface area (Å²) in [6.07, 6.45) is 3.38. The van der Waals surface area contributed by atoms with Crippen molar-refractivity contribution in [3.8, 4) is 0 Å². The van der Waals surface area contributed by atoms with E-state index in [9.17, 15) is 8.42 Å². The molecule has 0 aliphatic carbocycles. The van der Waals surface area contributed by atoms with Crippen LogP contribution in [0.4, 0.5) is 0 Å². The number of nitrogens with zero attached hydrogens (tertiary/aromatic N) is 2. The van der Waals surface area contributed by atoms with Gasteiger partial charge in [0.2, 0.25) is 10.0 Å². The molecule has 1 fully saturated rings. The summed E-state index contributed by atoms with van der Waals surface area (Å²) < 4.78 is 25.3. The molecule has 0 unspecified atom stereocenters. The highest BCUT2D eigenvalue weighted by molar-refractivity contribution is 7.89. The quantitative estimate of drug-likeness (QED) is 0.780. The van der Waals surface area contributed by atoms with Crippen LogP contribution < -0.4 is 5.32 Å². The third kappa shape index (κ3) is 2.78. The van der Waals surface area contributed by atoms with Gasteiger partial charge < -0.3 is 5.32 Å². The minimum absolute atomic E-state index is 0.174. The minimum Gasteiger partial charge on any atom is -0.314 e. The lowest BCUT2D eigenvalue weighted by atomic mass is 10.3. The van der Waals surface area contributed by atoms with Crippen LogP contribution in [0.2, 0.25) is 0 Å². The van der Waals surface area contributed by atoms with Gasteiger partial charge >= 0.3 is 0 Å². The molecule has 1 saturated heterocycles. The highest BCUT2D eigenvalue weighted by Crippen LogP contribution is 2.09. The monoisotopic (exact) mass is 241 g/mol. The van der Waals surface area contributed by atoms with E-state index in [0.29, 0.717) is 26.2 Å². The fourth-order valence-corrected chi connectivity index (χ4v) is 3.05. The molecule has 2 heterocycles. The van der Waals surface area contributed by atoms with Crippen molar-refractivity contribution in [1.82, 2.24) is 14.6 Å².